The zero-order valence-corrected chi connectivity index (χ0v) is 19.1. The molecule has 0 aromatic heterocycles. The third-order valence-corrected chi connectivity index (χ3v) is 7.00. The van der Waals surface area contributed by atoms with Crippen LogP contribution >= 0.6 is 11.8 Å². The molecule has 0 radical (unpaired) electrons. The van der Waals surface area contributed by atoms with Gasteiger partial charge in [0.25, 0.3) is 11.8 Å². The van der Waals surface area contributed by atoms with Gasteiger partial charge in [-0.15, -0.1) is 11.8 Å². The van der Waals surface area contributed by atoms with Gasteiger partial charge in [0.1, 0.15) is 5.75 Å². The van der Waals surface area contributed by atoms with Crippen molar-refractivity contribution in [1.82, 2.24) is 10.2 Å². The normalized spacial score (nSPS) is 18.9. The fourth-order valence-corrected chi connectivity index (χ4v) is 5.11. The Labute approximate surface area is 196 Å². The minimum atomic E-state index is -1.85. The van der Waals surface area contributed by atoms with Crippen LogP contribution in [-0.4, -0.2) is 69.6 Å². The summed E-state index contributed by atoms with van der Waals surface area (Å²) < 4.78 is 5.40. The molecule has 2 aromatic carbocycles. The Balaban J connectivity index is 1.24. The first kappa shape index (κ1) is 23.3. The number of aliphatic imine (C=N–C) groups is 1. The predicted octanol–water partition coefficient (Wildman–Crippen LogP) is 1.13. The molecule has 4 rings (SSSR count). The van der Waals surface area contributed by atoms with Gasteiger partial charge in [0.2, 0.25) is 0 Å². The molecule has 0 saturated heterocycles. The van der Waals surface area contributed by atoms with E-state index in [1.807, 2.05) is 48.5 Å². The molecule has 2 aromatic rings. The van der Waals surface area contributed by atoms with Crippen LogP contribution in [0.5, 0.6) is 5.75 Å². The number of carbonyl (C=O) groups excluding carboxylic acids is 2. The highest BCUT2D eigenvalue weighted by Crippen LogP contribution is 2.28. The average molecular weight is 470 g/mol. The van der Waals surface area contributed by atoms with Crippen LogP contribution in [0.3, 0.4) is 0 Å². The number of benzene rings is 2. The maximum Gasteiger partial charge on any atom is 0.255 e. The molecule has 2 amide bonds. The smallest absolute Gasteiger partial charge is 0.255 e. The average Bonchev–Trinajstić information content (AvgIpc) is 3.48. The number of ether oxygens (including phenoxy) is 1. The Morgan fingerprint density at radius 1 is 1.12 bits per heavy atom. The molecule has 2 aliphatic rings. The molecular weight excluding hydrogens is 442 g/mol. The topological polar surface area (TPSA) is 111 Å². The molecule has 3 atom stereocenters. The van der Waals surface area contributed by atoms with Gasteiger partial charge in [0.05, 0.1) is 25.2 Å². The van der Waals surface area contributed by atoms with E-state index in [4.69, 9.17) is 4.74 Å². The quantitative estimate of drug-likeness (QED) is 0.535. The first-order valence-corrected chi connectivity index (χ1v) is 11.7. The molecule has 0 fully saturated rings. The third-order valence-electron chi connectivity index (χ3n) is 5.80. The maximum absolute atomic E-state index is 12.6. The van der Waals surface area contributed by atoms with E-state index < -0.39 is 24.0 Å². The molecule has 174 valence electrons. The molecule has 2 heterocycles. The fourth-order valence-electron chi connectivity index (χ4n) is 4.01. The maximum atomic E-state index is 12.6. The van der Waals surface area contributed by atoms with Crippen molar-refractivity contribution in [1.29, 1.82) is 0 Å². The minimum absolute atomic E-state index is 0.138. The van der Waals surface area contributed by atoms with Gasteiger partial charge in [-0.25, -0.2) is 0 Å². The van der Waals surface area contributed by atoms with Crippen molar-refractivity contribution in [3.63, 3.8) is 0 Å². The van der Waals surface area contributed by atoms with Gasteiger partial charge >= 0.3 is 0 Å². The number of nitrogens with zero attached hydrogens (tertiary/aromatic N) is 2. The number of nitrogens with one attached hydrogen (secondary N) is 1. The monoisotopic (exact) mass is 469 g/mol. The van der Waals surface area contributed by atoms with E-state index in [9.17, 15) is 19.8 Å². The molecule has 33 heavy (non-hydrogen) atoms. The third kappa shape index (κ3) is 5.38. The minimum Gasteiger partial charge on any atom is -0.496 e. The number of fused-ring (bicyclic) bond motifs is 1. The van der Waals surface area contributed by atoms with E-state index in [1.165, 1.54) is 4.90 Å². The lowest BCUT2D eigenvalue weighted by Crippen LogP contribution is -2.50. The van der Waals surface area contributed by atoms with E-state index in [0.29, 0.717) is 19.6 Å². The zero-order valence-electron chi connectivity index (χ0n) is 18.3. The van der Waals surface area contributed by atoms with Crippen LogP contribution in [0, 0.1) is 0 Å². The van der Waals surface area contributed by atoms with Gasteiger partial charge in [-0.2, -0.15) is 0 Å². The number of methoxy groups -OCH3 is 1. The summed E-state index contributed by atoms with van der Waals surface area (Å²) in [7, 11) is 1.64. The summed E-state index contributed by atoms with van der Waals surface area (Å²) in [6.07, 6.45) is -2.89. The number of hydrogen-bond acceptors (Lipinski definition) is 7. The summed E-state index contributed by atoms with van der Waals surface area (Å²) in [5, 5.41) is 24.1. The van der Waals surface area contributed by atoms with Crippen LogP contribution < -0.4 is 10.1 Å². The Morgan fingerprint density at radius 2 is 1.79 bits per heavy atom. The van der Waals surface area contributed by atoms with Gasteiger partial charge in [0.15, 0.2) is 12.2 Å². The van der Waals surface area contributed by atoms with E-state index in [2.05, 4.69) is 10.3 Å². The molecular formula is C24H27N3O5S. The van der Waals surface area contributed by atoms with Crippen molar-refractivity contribution < 1.29 is 24.5 Å². The lowest BCUT2D eigenvalue weighted by molar-refractivity contribution is -0.153. The first-order valence-electron chi connectivity index (χ1n) is 10.8. The fraction of sp³-hybridized carbons (Fsp3) is 0.375. The van der Waals surface area contributed by atoms with E-state index in [1.54, 1.807) is 18.9 Å². The van der Waals surface area contributed by atoms with Crippen molar-refractivity contribution in [3.8, 4) is 5.75 Å². The molecule has 8 nitrogen and oxygen atoms in total. The number of carbonyl (C=O) groups is 2. The molecule has 9 heteroatoms. The van der Waals surface area contributed by atoms with Crippen LogP contribution in [0.2, 0.25) is 0 Å². The molecule has 2 aliphatic heterocycles. The van der Waals surface area contributed by atoms with Crippen molar-refractivity contribution in [2.24, 2.45) is 4.99 Å². The Bertz CT molecular complexity index is 1030. The molecule has 1 unspecified atom stereocenters. The van der Waals surface area contributed by atoms with E-state index in [0.717, 1.165) is 33.9 Å². The van der Waals surface area contributed by atoms with Gasteiger partial charge in [0, 0.05) is 18.3 Å². The second kappa shape index (κ2) is 10.4. The largest absolute Gasteiger partial charge is 0.496 e. The zero-order chi connectivity index (χ0) is 23.4. The summed E-state index contributed by atoms with van der Waals surface area (Å²) in [5.41, 5.74) is 3.09. The number of hydrogen-bond donors (Lipinski definition) is 3. The summed E-state index contributed by atoms with van der Waals surface area (Å²) in [5.74, 6) is -0.634. The molecule has 3 N–H and O–H groups in total. The number of amides is 2. The lowest BCUT2D eigenvalue weighted by Gasteiger charge is -2.22. The van der Waals surface area contributed by atoms with Crippen molar-refractivity contribution in [2.45, 2.75) is 37.0 Å². The van der Waals surface area contributed by atoms with Crippen LogP contribution in [0.15, 0.2) is 53.5 Å². The lowest BCUT2D eigenvalue weighted by atomic mass is 10.1. The Kier molecular flexibility index (Phi) is 7.32. The number of aliphatic hydroxyl groups is 2. The summed E-state index contributed by atoms with van der Waals surface area (Å²) >= 11 is 1.57. The molecule has 0 bridgehead atoms. The van der Waals surface area contributed by atoms with Crippen molar-refractivity contribution in [3.05, 3.63) is 65.2 Å². The molecule has 0 spiro atoms. The highest BCUT2D eigenvalue weighted by Gasteiger charge is 2.35. The van der Waals surface area contributed by atoms with Gasteiger partial charge in [-0.05, 0) is 29.2 Å². The van der Waals surface area contributed by atoms with E-state index >= 15 is 0 Å². The van der Waals surface area contributed by atoms with Crippen LogP contribution in [0.1, 0.15) is 16.7 Å². The van der Waals surface area contributed by atoms with Gasteiger partial charge in [-0.3, -0.25) is 14.6 Å². The van der Waals surface area contributed by atoms with Crippen LogP contribution in [0.25, 0.3) is 0 Å². The highest BCUT2D eigenvalue weighted by molar-refractivity contribution is 8.14. The number of para-hydroxylation sites is 1. The summed E-state index contributed by atoms with van der Waals surface area (Å²) in [6.45, 7) is 1.45. The Hall–Kier alpha value is -2.88. The summed E-state index contributed by atoms with van der Waals surface area (Å²) in [6, 6.07) is 15.4. The highest BCUT2D eigenvalue weighted by atomic mass is 32.2. The van der Waals surface area contributed by atoms with Crippen molar-refractivity contribution >= 4 is 28.6 Å². The molecule has 0 aliphatic carbocycles. The number of rotatable bonds is 8. The van der Waals surface area contributed by atoms with Crippen molar-refractivity contribution in [2.75, 3.05) is 20.2 Å². The van der Waals surface area contributed by atoms with Gasteiger partial charge < -0.3 is 25.2 Å². The Morgan fingerprint density at radius 3 is 2.48 bits per heavy atom. The second-order valence-corrected chi connectivity index (χ2v) is 9.43. The summed E-state index contributed by atoms with van der Waals surface area (Å²) in [4.78, 5) is 30.9. The number of thioether (sulfide) groups is 1. The molecule has 0 saturated carbocycles. The van der Waals surface area contributed by atoms with Crippen LogP contribution in [-0.2, 0) is 29.1 Å². The number of aliphatic hydroxyl groups excluding tert-OH is 2. The standard InChI is InChI=1S/C24H27N3O5S/c1-32-19-9-5-4-6-15(19)10-18-11-25-20(33-18)12-26-23(30)21(28)22(29)24(31)27-13-16-7-2-3-8-17(16)14-27/h2-9,18,21-22,28-29H,10-14H2,1H3,(H,26,30)/t18?,21-,22-/m1/s1. The van der Waals surface area contributed by atoms with Crippen LogP contribution in [0.4, 0.5) is 0 Å². The predicted molar refractivity (Wildman–Crippen MR) is 126 cm³/mol. The second-order valence-electron chi connectivity index (χ2n) is 8.06. The first-order chi connectivity index (χ1) is 16.0. The van der Waals surface area contributed by atoms with E-state index in [-0.39, 0.29) is 11.8 Å². The SMILES string of the molecule is COc1ccccc1CC1CN=C(CNC(=O)[C@H](O)[C@@H](O)C(=O)N2Cc3ccccc3C2)S1. The van der Waals surface area contributed by atoms with Gasteiger partial charge in [-0.1, -0.05) is 42.5 Å².